The molecule has 1 aromatic rings. The van der Waals surface area contributed by atoms with Gasteiger partial charge in [-0.15, -0.1) is 0 Å². The van der Waals surface area contributed by atoms with Crippen molar-refractivity contribution in [2.75, 3.05) is 31.1 Å². The van der Waals surface area contributed by atoms with Crippen LogP contribution in [0.1, 0.15) is 12.8 Å². The maximum Gasteiger partial charge on any atom is 0.401 e. The minimum atomic E-state index is -4.20. The van der Waals surface area contributed by atoms with Crippen molar-refractivity contribution in [3.63, 3.8) is 0 Å². The molecule has 1 saturated heterocycles. The van der Waals surface area contributed by atoms with Gasteiger partial charge in [0.25, 0.3) is 0 Å². The average molecular weight is 287 g/mol. The molecule has 1 fully saturated rings. The van der Waals surface area contributed by atoms with E-state index in [9.17, 15) is 13.2 Å². The van der Waals surface area contributed by atoms with Crippen LogP contribution in [0.5, 0.6) is 0 Å². The summed E-state index contributed by atoms with van der Waals surface area (Å²) in [6.07, 6.45) is -2.96. The molecule has 1 heterocycles. The van der Waals surface area contributed by atoms with Crippen molar-refractivity contribution in [2.45, 2.75) is 24.6 Å². The molecule has 0 aromatic heterocycles. The van der Waals surface area contributed by atoms with Crippen LogP contribution in [0.3, 0.4) is 0 Å². The van der Waals surface area contributed by atoms with E-state index >= 15 is 0 Å². The summed E-state index contributed by atoms with van der Waals surface area (Å²) in [5.41, 5.74) is 6.21. The molecule has 6 heteroatoms. The summed E-state index contributed by atoms with van der Waals surface area (Å²) in [5, 5.41) is 2.62. The third kappa shape index (κ3) is 3.86. The number of nitrogens with two attached hydrogens (primary N) is 1. The van der Waals surface area contributed by atoms with Crippen LogP contribution in [0.2, 0.25) is 0 Å². The van der Waals surface area contributed by atoms with Gasteiger partial charge in [0.2, 0.25) is 0 Å². The largest absolute Gasteiger partial charge is 0.401 e. The smallest absolute Gasteiger partial charge is 0.371 e. The molecule has 1 aliphatic rings. The number of piperidine rings is 1. The molecular formula is C14H20F3N3. The lowest BCUT2D eigenvalue weighted by atomic mass is 9.87. The number of hydrogen-bond donors (Lipinski definition) is 2. The van der Waals surface area contributed by atoms with E-state index in [1.807, 2.05) is 30.3 Å². The van der Waals surface area contributed by atoms with Crippen molar-refractivity contribution in [1.82, 2.24) is 5.32 Å². The topological polar surface area (TPSA) is 41.3 Å². The lowest BCUT2D eigenvalue weighted by Crippen LogP contribution is -2.59. The van der Waals surface area contributed by atoms with Crippen molar-refractivity contribution in [3.8, 4) is 0 Å². The predicted molar refractivity (Wildman–Crippen MR) is 73.7 cm³/mol. The highest BCUT2D eigenvalue weighted by atomic mass is 19.4. The minimum Gasteiger partial charge on any atom is -0.371 e. The van der Waals surface area contributed by atoms with Crippen LogP contribution < -0.4 is 16.0 Å². The Kier molecular flexibility index (Phi) is 4.55. The predicted octanol–water partition coefficient (Wildman–Crippen LogP) is 2.14. The number of benzene rings is 1. The minimum absolute atomic E-state index is 0.228. The van der Waals surface area contributed by atoms with Gasteiger partial charge in [0, 0.05) is 30.9 Å². The van der Waals surface area contributed by atoms with Gasteiger partial charge in [-0.1, -0.05) is 18.2 Å². The summed E-state index contributed by atoms with van der Waals surface area (Å²) in [7, 11) is 0. The van der Waals surface area contributed by atoms with Gasteiger partial charge >= 0.3 is 6.18 Å². The fourth-order valence-corrected chi connectivity index (χ4v) is 2.57. The monoisotopic (exact) mass is 287 g/mol. The normalized spacial score (nSPS) is 19.1. The lowest BCUT2D eigenvalue weighted by molar-refractivity contribution is -0.129. The Morgan fingerprint density at radius 2 is 1.75 bits per heavy atom. The van der Waals surface area contributed by atoms with Crippen LogP contribution in [0, 0.1) is 0 Å². The molecule has 1 aromatic carbocycles. The molecule has 2 rings (SSSR count). The van der Waals surface area contributed by atoms with E-state index in [-0.39, 0.29) is 6.54 Å². The van der Waals surface area contributed by atoms with E-state index in [1.54, 1.807) is 0 Å². The molecule has 20 heavy (non-hydrogen) atoms. The van der Waals surface area contributed by atoms with E-state index in [0.29, 0.717) is 25.9 Å². The van der Waals surface area contributed by atoms with Gasteiger partial charge in [-0.05, 0) is 25.0 Å². The standard InChI is InChI=1S/C14H20F3N3/c15-14(16,17)11-19-13(10-18)6-8-20(9-7-13)12-4-2-1-3-5-12/h1-5,19H,6-11,18H2. The second-order valence-electron chi connectivity index (χ2n) is 5.28. The molecule has 0 aliphatic carbocycles. The van der Waals surface area contributed by atoms with Gasteiger partial charge in [-0.25, -0.2) is 0 Å². The highest BCUT2D eigenvalue weighted by Crippen LogP contribution is 2.26. The number of para-hydroxylation sites is 1. The maximum absolute atomic E-state index is 12.3. The average Bonchev–Trinajstić information content (AvgIpc) is 2.46. The molecular weight excluding hydrogens is 267 g/mol. The zero-order valence-electron chi connectivity index (χ0n) is 11.3. The molecule has 0 radical (unpaired) electrons. The number of rotatable bonds is 4. The first-order chi connectivity index (χ1) is 9.44. The Hall–Kier alpha value is -1.27. The molecule has 0 spiro atoms. The van der Waals surface area contributed by atoms with Crippen LogP contribution in [0.4, 0.5) is 18.9 Å². The van der Waals surface area contributed by atoms with Crippen molar-refractivity contribution < 1.29 is 13.2 Å². The van der Waals surface area contributed by atoms with Crippen LogP contribution in [0.15, 0.2) is 30.3 Å². The van der Waals surface area contributed by atoms with Crippen molar-refractivity contribution in [2.24, 2.45) is 5.73 Å². The maximum atomic E-state index is 12.3. The first kappa shape index (κ1) is 15.1. The Bertz CT molecular complexity index is 411. The van der Waals surface area contributed by atoms with E-state index in [0.717, 1.165) is 5.69 Å². The number of nitrogens with one attached hydrogen (secondary N) is 1. The van der Waals surface area contributed by atoms with Crippen molar-refractivity contribution >= 4 is 5.69 Å². The van der Waals surface area contributed by atoms with Gasteiger partial charge in [-0.3, -0.25) is 0 Å². The van der Waals surface area contributed by atoms with E-state index < -0.39 is 18.3 Å². The highest BCUT2D eigenvalue weighted by Gasteiger charge is 2.37. The number of halogens is 3. The summed E-state index contributed by atoms with van der Waals surface area (Å²) in [6, 6.07) is 9.89. The second kappa shape index (κ2) is 6.01. The summed E-state index contributed by atoms with van der Waals surface area (Å²) >= 11 is 0. The van der Waals surface area contributed by atoms with Gasteiger partial charge in [-0.2, -0.15) is 13.2 Å². The Morgan fingerprint density at radius 1 is 1.15 bits per heavy atom. The number of nitrogens with zero attached hydrogens (tertiary/aromatic N) is 1. The lowest BCUT2D eigenvalue weighted by Gasteiger charge is -2.43. The third-order valence-corrected chi connectivity index (χ3v) is 3.90. The molecule has 1 aliphatic heterocycles. The van der Waals surface area contributed by atoms with Crippen molar-refractivity contribution in [3.05, 3.63) is 30.3 Å². The molecule has 3 nitrogen and oxygen atoms in total. The number of alkyl halides is 3. The summed E-state index contributed by atoms with van der Waals surface area (Å²) in [6.45, 7) is 0.680. The van der Waals surface area contributed by atoms with Gasteiger partial charge < -0.3 is 16.0 Å². The molecule has 0 bridgehead atoms. The van der Waals surface area contributed by atoms with Crippen LogP contribution in [0.25, 0.3) is 0 Å². The molecule has 3 N–H and O–H groups in total. The Morgan fingerprint density at radius 3 is 2.25 bits per heavy atom. The van der Waals surface area contributed by atoms with Crippen LogP contribution in [-0.4, -0.2) is 37.9 Å². The van der Waals surface area contributed by atoms with E-state index in [1.165, 1.54) is 0 Å². The van der Waals surface area contributed by atoms with Crippen LogP contribution >= 0.6 is 0 Å². The highest BCUT2D eigenvalue weighted by molar-refractivity contribution is 5.46. The Labute approximate surface area is 116 Å². The summed E-state index contributed by atoms with van der Waals surface area (Å²) in [4.78, 5) is 2.18. The fraction of sp³-hybridized carbons (Fsp3) is 0.571. The molecule has 112 valence electrons. The van der Waals surface area contributed by atoms with Gasteiger partial charge in [0.05, 0.1) is 6.54 Å². The van der Waals surface area contributed by atoms with Gasteiger partial charge in [0.1, 0.15) is 0 Å². The molecule has 0 saturated carbocycles. The quantitative estimate of drug-likeness (QED) is 0.891. The fourth-order valence-electron chi connectivity index (χ4n) is 2.57. The number of hydrogen-bond acceptors (Lipinski definition) is 3. The SMILES string of the molecule is NCC1(NCC(F)(F)F)CCN(c2ccccc2)CC1. The second-order valence-corrected chi connectivity index (χ2v) is 5.28. The summed E-state index contributed by atoms with van der Waals surface area (Å²) in [5.74, 6) is 0. The number of anilines is 1. The Balaban J connectivity index is 1.94. The molecule has 0 amide bonds. The van der Waals surface area contributed by atoms with E-state index in [2.05, 4.69) is 10.2 Å². The zero-order chi connectivity index (χ0) is 14.6. The van der Waals surface area contributed by atoms with Gasteiger partial charge in [0.15, 0.2) is 0 Å². The zero-order valence-corrected chi connectivity index (χ0v) is 11.3. The van der Waals surface area contributed by atoms with Crippen molar-refractivity contribution in [1.29, 1.82) is 0 Å². The summed E-state index contributed by atoms with van der Waals surface area (Å²) < 4.78 is 37.0. The van der Waals surface area contributed by atoms with Crippen LogP contribution in [-0.2, 0) is 0 Å². The first-order valence-corrected chi connectivity index (χ1v) is 6.76. The molecule has 0 atom stereocenters. The first-order valence-electron chi connectivity index (χ1n) is 6.76. The third-order valence-electron chi connectivity index (χ3n) is 3.90. The van der Waals surface area contributed by atoms with E-state index in [4.69, 9.17) is 5.73 Å². The molecule has 0 unspecified atom stereocenters.